The number of carbonyl (C=O) groups is 1. The minimum Gasteiger partial charge on any atom is -0.461 e. The number of hydrogen-bond donors (Lipinski definition) is 0. The lowest BCUT2D eigenvalue weighted by atomic mass is 10.2. The molecule has 0 saturated heterocycles. The van der Waals surface area contributed by atoms with E-state index >= 15 is 0 Å². The molecule has 0 N–H and O–H groups in total. The number of esters is 1. The van der Waals surface area contributed by atoms with E-state index in [1.807, 2.05) is 6.07 Å². The lowest BCUT2D eigenvalue weighted by molar-refractivity contribution is 0.0733. The van der Waals surface area contributed by atoms with Crippen LogP contribution in [0.5, 0.6) is 5.75 Å². The average Bonchev–Trinajstić information content (AvgIpc) is 3.40. The highest BCUT2D eigenvalue weighted by Crippen LogP contribution is 2.33. The van der Waals surface area contributed by atoms with Crippen LogP contribution in [0.1, 0.15) is 15.9 Å². The molecule has 0 fully saturated rings. The summed E-state index contributed by atoms with van der Waals surface area (Å²) >= 11 is 6.90. The van der Waals surface area contributed by atoms with Gasteiger partial charge in [0.1, 0.15) is 0 Å². The number of aromatic nitrogens is 2. The Hall–Kier alpha value is -3.82. The van der Waals surface area contributed by atoms with E-state index in [9.17, 15) is 9.59 Å². The zero-order valence-corrected chi connectivity index (χ0v) is 21.1. The van der Waals surface area contributed by atoms with Crippen LogP contribution in [0.3, 0.4) is 0 Å². The number of halogens is 2. The van der Waals surface area contributed by atoms with Crippen molar-refractivity contribution in [3.8, 4) is 17.3 Å². The van der Waals surface area contributed by atoms with Gasteiger partial charge in [0.25, 0.3) is 5.56 Å². The first-order chi connectivity index (χ1) is 17.0. The molecule has 0 spiro atoms. The monoisotopic (exact) mass is 591 g/mol. The molecule has 0 aliphatic carbocycles. The van der Waals surface area contributed by atoms with Gasteiger partial charge in [-0.3, -0.25) is 4.79 Å². The summed E-state index contributed by atoms with van der Waals surface area (Å²) in [4.78, 5) is 30.6. The molecule has 0 saturated carbocycles. The Labute approximate surface area is 215 Å². The van der Waals surface area contributed by atoms with Crippen molar-refractivity contribution in [3.05, 3.63) is 116 Å². The van der Waals surface area contributed by atoms with Gasteiger partial charge >= 0.3 is 5.97 Å². The van der Waals surface area contributed by atoms with Gasteiger partial charge in [0.2, 0.25) is 5.82 Å². The van der Waals surface area contributed by atoms with Crippen molar-refractivity contribution in [3.63, 3.8) is 0 Å². The largest absolute Gasteiger partial charge is 0.461 e. The van der Waals surface area contributed by atoms with E-state index in [0.29, 0.717) is 32.3 Å². The van der Waals surface area contributed by atoms with Gasteiger partial charge in [-0.05, 0) is 64.5 Å². The number of furan rings is 1. The standard InChI is InChI=1S/C26H15Br2N3O4/c27-18-13-17(23(20(28)14-18)35-26(33)16-7-2-1-3-8-16)15-29-31-24(22-11-6-12-34-22)30-21-10-5-4-9-19(21)25(31)32/h1-15H. The quantitative estimate of drug-likeness (QED) is 0.136. The van der Waals surface area contributed by atoms with Gasteiger partial charge in [0.15, 0.2) is 11.5 Å². The first-order valence-corrected chi connectivity index (χ1v) is 12.0. The molecule has 7 nitrogen and oxygen atoms in total. The van der Waals surface area contributed by atoms with Gasteiger partial charge in [-0.25, -0.2) is 9.78 Å². The summed E-state index contributed by atoms with van der Waals surface area (Å²) in [6.07, 6.45) is 2.94. The van der Waals surface area contributed by atoms with Gasteiger partial charge in [-0.1, -0.05) is 46.3 Å². The van der Waals surface area contributed by atoms with Crippen LogP contribution in [0.4, 0.5) is 0 Å². The number of para-hydroxylation sites is 1. The van der Waals surface area contributed by atoms with Gasteiger partial charge in [0.05, 0.1) is 33.4 Å². The molecular weight excluding hydrogens is 578 g/mol. The summed E-state index contributed by atoms with van der Waals surface area (Å²) in [7, 11) is 0. The highest BCUT2D eigenvalue weighted by molar-refractivity contribution is 9.11. The molecule has 35 heavy (non-hydrogen) atoms. The summed E-state index contributed by atoms with van der Waals surface area (Å²) in [6, 6.07) is 22.6. The van der Waals surface area contributed by atoms with E-state index in [1.54, 1.807) is 72.8 Å². The van der Waals surface area contributed by atoms with E-state index in [4.69, 9.17) is 9.15 Å². The number of carbonyl (C=O) groups excluding carboxylic acids is 1. The summed E-state index contributed by atoms with van der Waals surface area (Å²) in [5.74, 6) is 0.360. The molecule has 5 aromatic rings. The van der Waals surface area contributed by atoms with Gasteiger partial charge in [-0.15, -0.1) is 0 Å². The molecule has 2 heterocycles. The summed E-state index contributed by atoms with van der Waals surface area (Å²) < 4.78 is 13.6. The van der Waals surface area contributed by atoms with Crippen LogP contribution < -0.4 is 10.3 Å². The molecule has 0 amide bonds. The number of benzene rings is 3. The van der Waals surface area contributed by atoms with E-state index in [-0.39, 0.29) is 17.1 Å². The van der Waals surface area contributed by atoms with Crippen molar-refractivity contribution in [1.82, 2.24) is 9.66 Å². The molecular formula is C26H15Br2N3O4. The van der Waals surface area contributed by atoms with Crippen molar-refractivity contribution < 1.29 is 13.9 Å². The molecule has 0 bridgehead atoms. The minimum absolute atomic E-state index is 0.242. The zero-order chi connectivity index (χ0) is 24.4. The Balaban J connectivity index is 1.62. The molecule has 5 rings (SSSR count). The first-order valence-electron chi connectivity index (χ1n) is 10.4. The summed E-state index contributed by atoms with van der Waals surface area (Å²) in [5, 5.41) is 4.84. The first kappa shape index (κ1) is 22.9. The second-order valence-electron chi connectivity index (χ2n) is 7.35. The van der Waals surface area contributed by atoms with Crippen LogP contribution in [-0.2, 0) is 0 Å². The molecule has 0 aliphatic heterocycles. The minimum atomic E-state index is -0.524. The maximum absolute atomic E-state index is 13.3. The highest BCUT2D eigenvalue weighted by Gasteiger charge is 2.17. The number of hydrogen-bond acceptors (Lipinski definition) is 6. The highest BCUT2D eigenvalue weighted by atomic mass is 79.9. The third-order valence-corrected chi connectivity index (χ3v) is 6.10. The molecule has 172 valence electrons. The third-order valence-electron chi connectivity index (χ3n) is 5.05. The van der Waals surface area contributed by atoms with Gasteiger partial charge in [-0.2, -0.15) is 9.78 Å². The Morgan fingerprint density at radius 1 is 1.00 bits per heavy atom. The van der Waals surface area contributed by atoms with Gasteiger partial charge in [0, 0.05) is 10.0 Å². The smallest absolute Gasteiger partial charge is 0.343 e. The Morgan fingerprint density at radius 2 is 1.77 bits per heavy atom. The summed E-state index contributed by atoms with van der Waals surface area (Å²) in [6.45, 7) is 0. The van der Waals surface area contributed by atoms with Crippen LogP contribution in [0.25, 0.3) is 22.5 Å². The normalized spacial score (nSPS) is 11.3. The number of fused-ring (bicyclic) bond motifs is 1. The van der Waals surface area contributed by atoms with Crippen LogP contribution in [0.2, 0.25) is 0 Å². The zero-order valence-electron chi connectivity index (χ0n) is 17.9. The van der Waals surface area contributed by atoms with Crippen molar-refractivity contribution in [2.45, 2.75) is 0 Å². The third kappa shape index (κ3) is 4.73. The fraction of sp³-hybridized carbons (Fsp3) is 0. The van der Waals surface area contributed by atoms with Gasteiger partial charge < -0.3 is 9.15 Å². The Kier molecular flexibility index (Phi) is 6.43. The van der Waals surface area contributed by atoms with Crippen LogP contribution in [-0.4, -0.2) is 21.8 Å². The van der Waals surface area contributed by atoms with Crippen LogP contribution in [0, 0.1) is 0 Å². The summed E-state index contributed by atoms with van der Waals surface area (Å²) in [5.41, 5.74) is 1.02. The molecule has 0 unspecified atom stereocenters. The maximum Gasteiger partial charge on any atom is 0.343 e. The van der Waals surface area contributed by atoms with Crippen molar-refractivity contribution >= 4 is 54.9 Å². The molecule has 2 aromatic heterocycles. The van der Waals surface area contributed by atoms with E-state index in [1.165, 1.54) is 17.2 Å². The molecule has 0 aliphatic rings. The fourth-order valence-electron chi connectivity index (χ4n) is 3.43. The Bertz CT molecular complexity index is 1630. The lowest BCUT2D eigenvalue weighted by Gasteiger charge is -2.11. The molecule has 3 aromatic carbocycles. The second kappa shape index (κ2) is 9.81. The Morgan fingerprint density at radius 3 is 2.54 bits per heavy atom. The molecule has 0 radical (unpaired) electrons. The van der Waals surface area contributed by atoms with E-state index < -0.39 is 5.97 Å². The van der Waals surface area contributed by atoms with Crippen LogP contribution >= 0.6 is 31.9 Å². The van der Waals surface area contributed by atoms with Crippen molar-refractivity contribution in [2.75, 3.05) is 0 Å². The SMILES string of the molecule is O=C(Oc1c(Br)cc(Br)cc1C=Nn1c(-c2ccco2)nc2ccccc2c1=O)c1ccccc1. The van der Waals surface area contributed by atoms with Crippen LogP contribution in [0.15, 0.2) is 108 Å². The predicted octanol–water partition coefficient (Wildman–Crippen LogP) is 6.28. The van der Waals surface area contributed by atoms with E-state index in [0.717, 1.165) is 4.47 Å². The predicted molar refractivity (Wildman–Crippen MR) is 140 cm³/mol. The number of nitrogens with zero attached hydrogens (tertiary/aromatic N) is 3. The van der Waals surface area contributed by atoms with Crippen molar-refractivity contribution in [2.24, 2.45) is 5.10 Å². The number of rotatable bonds is 5. The van der Waals surface area contributed by atoms with E-state index in [2.05, 4.69) is 41.9 Å². The average molecular weight is 593 g/mol. The second-order valence-corrected chi connectivity index (χ2v) is 9.12. The topological polar surface area (TPSA) is 86.7 Å². The maximum atomic E-state index is 13.3. The number of ether oxygens (including phenoxy) is 1. The van der Waals surface area contributed by atoms with Crippen molar-refractivity contribution in [1.29, 1.82) is 0 Å². The lowest BCUT2D eigenvalue weighted by Crippen LogP contribution is -2.20. The molecule has 0 atom stereocenters. The fourth-order valence-corrected chi connectivity index (χ4v) is 4.76. The molecule has 9 heteroatoms.